The zero-order chi connectivity index (χ0) is 14.4. The Kier molecular flexibility index (Phi) is 5.90. The molecule has 1 heterocycles. The number of hydrogen-bond acceptors (Lipinski definition) is 6. The van der Waals surface area contributed by atoms with Gasteiger partial charge in [-0.05, 0) is 36.2 Å². The fraction of sp³-hybridized carbons (Fsp3) is 0.385. The van der Waals surface area contributed by atoms with Crippen LogP contribution in [-0.2, 0) is 11.3 Å². The second-order valence-electron chi connectivity index (χ2n) is 4.14. The van der Waals surface area contributed by atoms with E-state index in [2.05, 4.69) is 14.7 Å². The van der Waals surface area contributed by atoms with Crippen molar-refractivity contribution in [3.8, 4) is 0 Å². The Morgan fingerprint density at radius 3 is 2.95 bits per heavy atom. The average molecular weight is 313 g/mol. The molecular weight excluding hydrogens is 297 g/mol. The molecule has 0 bridgehead atoms. The maximum atomic E-state index is 14.0. The topological polar surface area (TPSA) is 47.0 Å². The summed E-state index contributed by atoms with van der Waals surface area (Å²) < 4.78 is 23.8. The summed E-state index contributed by atoms with van der Waals surface area (Å²) in [5.74, 6) is 0.491. The monoisotopic (exact) mass is 313 g/mol. The number of methoxy groups -OCH3 is 1. The van der Waals surface area contributed by atoms with Gasteiger partial charge in [-0.3, -0.25) is 0 Å². The second-order valence-corrected chi connectivity index (χ2v) is 6.18. The van der Waals surface area contributed by atoms with Crippen LogP contribution in [0.3, 0.4) is 0 Å². The quantitative estimate of drug-likeness (QED) is 0.797. The van der Waals surface area contributed by atoms with Crippen molar-refractivity contribution in [1.29, 1.82) is 0 Å². The number of nitrogens with one attached hydrogen (secondary N) is 1. The summed E-state index contributed by atoms with van der Waals surface area (Å²) in [6, 6.07) is 5.25. The molecule has 1 aromatic carbocycles. The van der Waals surface area contributed by atoms with E-state index in [1.165, 1.54) is 23.3 Å². The van der Waals surface area contributed by atoms with Gasteiger partial charge in [0.05, 0.1) is 11.5 Å². The molecule has 2 rings (SSSR count). The molecule has 20 heavy (non-hydrogen) atoms. The van der Waals surface area contributed by atoms with Crippen molar-refractivity contribution in [3.63, 3.8) is 0 Å². The van der Waals surface area contributed by atoms with Crippen LogP contribution < -0.4 is 5.32 Å². The summed E-state index contributed by atoms with van der Waals surface area (Å²) in [5.41, 5.74) is 0.913. The van der Waals surface area contributed by atoms with Gasteiger partial charge >= 0.3 is 0 Å². The predicted octanol–water partition coefficient (Wildman–Crippen LogP) is 2.87. The molecule has 1 N–H and O–H groups in total. The highest BCUT2D eigenvalue weighted by Crippen LogP contribution is 2.31. The van der Waals surface area contributed by atoms with Crippen LogP contribution in [0.4, 0.5) is 4.39 Å². The minimum absolute atomic E-state index is 0.228. The molecule has 7 heteroatoms. The van der Waals surface area contributed by atoms with E-state index in [9.17, 15) is 4.39 Å². The SMILES string of the molecule is COCCNCc1ccc(Sc2nc(C)ns2)c(F)c1. The molecule has 0 fully saturated rings. The molecule has 0 saturated heterocycles. The van der Waals surface area contributed by atoms with Gasteiger partial charge in [-0.2, -0.15) is 4.37 Å². The fourth-order valence-electron chi connectivity index (χ4n) is 1.56. The molecule has 4 nitrogen and oxygen atoms in total. The van der Waals surface area contributed by atoms with Crippen LogP contribution in [0, 0.1) is 12.7 Å². The molecule has 0 atom stereocenters. The average Bonchev–Trinajstić information content (AvgIpc) is 2.83. The van der Waals surface area contributed by atoms with Gasteiger partial charge in [-0.1, -0.05) is 17.8 Å². The van der Waals surface area contributed by atoms with E-state index in [4.69, 9.17) is 4.74 Å². The lowest BCUT2D eigenvalue weighted by Gasteiger charge is -2.06. The van der Waals surface area contributed by atoms with Crippen molar-refractivity contribution < 1.29 is 9.13 Å². The number of aryl methyl sites for hydroxylation is 1. The van der Waals surface area contributed by atoms with Crippen molar-refractivity contribution in [2.75, 3.05) is 20.3 Å². The molecule has 0 aliphatic rings. The standard InChI is InChI=1S/C13H16FN3OS2/c1-9-16-13(20-17-9)19-12-4-3-10(7-11(12)14)8-15-5-6-18-2/h3-4,7,15H,5-6,8H2,1-2H3. The molecule has 108 valence electrons. The van der Waals surface area contributed by atoms with Gasteiger partial charge in [0, 0.05) is 20.2 Å². The maximum absolute atomic E-state index is 14.0. The van der Waals surface area contributed by atoms with Crippen molar-refractivity contribution in [3.05, 3.63) is 35.4 Å². The first-order valence-electron chi connectivity index (χ1n) is 6.15. The number of ether oxygens (including phenoxy) is 1. The van der Waals surface area contributed by atoms with Crippen LogP contribution in [0.5, 0.6) is 0 Å². The molecule has 0 radical (unpaired) electrons. The summed E-state index contributed by atoms with van der Waals surface area (Å²) in [4.78, 5) is 4.79. The van der Waals surface area contributed by atoms with Crippen LogP contribution in [-0.4, -0.2) is 29.6 Å². The van der Waals surface area contributed by atoms with E-state index in [0.717, 1.165) is 22.3 Å². The molecule has 1 aromatic heterocycles. The number of rotatable bonds is 7. The predicted molar refractivity (Wildman–Crippen MR) is 78.8 cm³/mol. The van der Waals surface area contributed by atoms with Crippen LogP contribution in [0.1, 0.15) is 11.4 Å². The first kappa shape index (κ1) is 15.4. The third-order valence-electron chi connectivity index (χ3n) is 2.51. The summed E-state index contributed by atoms with van der Waals surface area (Å²) in [6.45, 7) is 3.85. The minimum atomic E-state index is -0.228. The number of benzene rings is 1. The van der Waals surface area contributed by atoms with Gasteiger partial charge in [0.15, 0.2) is 4.34 Å². The fourth-order valence-corrected chi connectivity index (χ4v) is 3.17. The van der Waals surface area contributed by atoms with Crippen molar-refractivity contribution in [2.45, 2.75) is 22.7 Å². The van der Waals surface area contributed by atoms with Gasteiger partial charge in [-0.25, -0.2) is 9.37 Å². The first-order chi connectivity index (χ1) is 9.69. The van der Waals surface area contributed by atoms with Crippen molar-refractivity contribution in [1.82, 2.24) is 14.7 Å². The summed E-state index contributed by atoms with van der Waals surface area (Å²) in [5, 5.41) is 3.18. The lowest BCUT2D eigenvalue weighted by Crippen LogP contribution is -2.18. The van der Waals surface area contributed by atoms with E-state index in [1.807, 2.05) is 13.0 Å². The summed E-state index contributed by atoms with van der Waals surface area (Å²) in [7, 11) is 1.66. The molecule has 0 spiro atoms. The Labute approximate surface area is 125 Å². The summed E-state index contributed by atoms with van der Waals surface area (Å²) >= 11 is 2.59. The highest BCUT2D eigenvalue weighted by atomic mass is 32.2. The zero-order valence-electron chi connectivity index (χ0n) is 11.4. The number of hydrogen-bond donors (Lipinski definition) is 1. The highest BCUT2D eigenvalue weighted by molar-refractivity contribution is 8.01. The normalized spacial score (nSPS) is 10.9. The van der Waals surface area contributed by atoms with Crippen LogP contribution in [0.15, 0.2) is 27.4 Å². The first-order valence-corrected chi connectivity index (χ1v) is 7.74. The van der Waals surface area contributed by atoms with Gasteiger partial charge in [0.2, 0.25) is 0 Å². The lowest BCUT2D eigenvalue weighted by atomic mass is 10.2. The van der Waals surface area contributed by atoms with Crippen LogP contribution in [0.25, 0.3) is 0 Å². The number of halogens is 1. The van der Waals surface area contributed by atoms with Gasteiger partial charge in [0.25, 0.3) is 0 Å². The number of aromatic nitrogens is 2. The van der Waals surface area contributed by atoms with Crippen LogP contribution in [0.2, 0.25) is 0 Å². The maximum Gasteiger partial charge on any atom is 0.174 e. The van der Waals surface area contributed by atoms with Gasteiger partial charge < -0.3 is 10.1 Å². The van der Waals surface area contributed by atoms with E-state index in [0.29, 0.717) is 18.0 Å². The molecule has 0 saturated carbocycles. The smallest absolute Gasteiger partial charge is 0.174 e. The summed E-state index contributed by atoms with van der Waals surface area (Å²) in [6.07, 6.45) is 0. The van der Waals surface area contributed by atoms with E-state index in [-0.39, 0.29) is 5.82 Å². The Morgan fingerprint density at radius 1 is 1.45 bits per heavy atom. The zero-order valence-corrected chi connectivity index (χ0v) is 13.0. The van der Waals surface area contributed by atoms with Crippen molar-refractivity contribution in [2.24, 2.45) is 0 Å². The van der Waals surface area contributed by atoms with Gasteiger partial charge in [-0.15, -0.1) is 0 Å². The molecule has 0 aliphatic carbocycles. The van der Waals surface area contributed by atoms with E-state index in [1.54, 1.807) is 19.2 Å². The molecule has 2 aromatic rings. The third kappa shape index (κ3) is 4.52. The molecule has 0 unspecified atom stereocenters. The van der Waals surface area contributed by atoms with Gasteiger partial charge in [0.1, 0.15) is 11.6 Å². The van der Waals surface area contributed by atoms with E-state index < -0.39 is 0 Å². The van der Waals surface area contributed by atoms with Crippen LogP contribution >= 0.6 is 23.3 Å². The minimum Gasteiger partial charge on any atom is -0.383 e. The van der Waals surface area contributed by atoms with E-state index >= 15 is 0 Å². The second kappa shape index (κ2) is 7.68. The van der Waals surface area contributed by atoms with Crippen molar-refractivity contribution >= 4 is 23.3 Å². The Balaban J connectivity index is 1.95. The Hall–Kier alpha value is -1.02. The third-order valence-corrected chi connectivity index (χ3v) is 4.41. The Bertz CT molecular complexity index is 562. The lowest BCUT2D eigenvalue weighted by molar-refractivity contribution is 0.199. The molecule has 0 amide bonds. The highest BCUT2D eigenvalue weighted by Gasteiger charge is 2.08. The Morgan fingerprint density at radius 2 is 2.30 bits per heavy atom. The largest absolute Gasteiger partial charge is 0.383 e. The number of nitrogens with zero attached hydrogens (tertiary/aromatic N) is 2. The molecular formula is C13H16FN3OS2. The molecule has 0 aliphatic heterocycles.